The van der Waals surface area contributed by atoms with Crippen molar-refractivity contribution in [1.82, 2.24) is 19.7 Å². The number of nitro benzene ring substituents is 1. The first kappa shape index (κ1) is 19.1. The predicted molar refractivity (Wildman–Crippen MR) is 112 cm³/mol. The molecule has 2 heterocycles. The number of nitrogens with zero attached hydrogens (tertiary/aromatic N) is 5. The summed E-state index contributed by atoms with van der Waals surface area (Å²) >= 11 is 7.54. The highest BCUT2D eigenvalue weighted by atomic mass is 35.5. The van der Waals surface area contributed by atoms with Gasteiger partial charge in [0.25, 0.3) is 5.69 Å². The summed E-state index contributed by atoms with van der Waals surface area (Å²) in [7, 11) is 0. The van der Waals surface area contributed by atoms with Gasteiger partial charge < -0.3 is 0 Å². The summed E-state index contributed by atoms with van der Waals surface area (Å²) in [4.78, 5) is 14.5. The third kappa shape index (κ3) is 4.28. The largest absolute Gasteiger partial charge is 0.270 e. The van der Waals surface area contributed by atoms with Crippen LogP contribution in [0.25, 0.3) is 17.1 Å². The molecular weight excluding hydrogens is 410 g/mol. The quantitative estimate of drug-likeness (QED) is 0.241. The number of thioether (sulfide) groups is 1. The summed E-state index contributed by atoms with van der Waals surface area (Å²) in [6.07, 6.45) is 3.42. The van der Waals surface area contributed by atoms with Crippen LogP contribution in [0.4, 0.5) is 5.69 Å². The molecule has 0 saturated heterocycles. The third-order valence-corrected chi connectivity index (χ3v) is 5.42. The van der Waals surface area contributed by atoms with E-state index >= 15 is 0 Å². The summed E-state index contributed by atoms with van der Waals surface area (Å²) < 4.78 is 1.96. The van der Waals surface area contributed by atoms with E-state index in [2.05, 4.69) is 15.2 Å². The summed E-state index contributed by atoms with van der Waals surface area (Å²) in [5, 5.41) is 20.9. The van der Waals surface area contributed by atoms with Crippen molar-refractivity contribution in [3.05, 3.63) is 93.8 Å². The zero-order valence-corrected chi connectivity index (χ0v) is 16.5. The molecule has 0 bridgehead atoms. The van der Waals surface area contributed by atoms with Gasteiger partial charge in [-0.3, -0.25) is 19.7 Å². The van der Waals surface area contributed by atoms with Crippen LogP contribution in [0.2, 0.25) is 5.02 Å². The molecule has 4 rings (SSSR count). The number of benzene rings is 2. The molecule has 144 valence electrons. The molecule has 0 aliphatic heterocycles. The van der Waals surface area contributed by atoms with Crippen molar-refractivity contribution >= 4 is 29.1 Å². The second-order valence-electron chi connectivity index (χ2n) is 6.07. The molecule has 0 unspecified atom stereocenters. The van der Waals surface area contributed by atoms with Gasteiger partial charge in [0.15, 0.2) is 11.0 Å². The molecule has 2 aromatic heterocycles. The zero-order chi connectivity index (χ0) is 20.2. The second-order valence-corrected chi connectivity index (χ2v) is 7.45. The molecule has 7 nitrogen and oxygen atoms in total. The van der Waals surface area contributed by atoms with Crippen molar-refractivity contribution in [3.63, 3.8) is 0 Å². The zero-order valence-electron chi connectivity index (χ0n) is 15.0. The van der Waals surface area contributed by atoms with E-state index in [1.54, 1.807) is 24.5 Å². The van der Waals surface area contributed by atoms with E-state index in [9.17, 15) is 10.1 Å². The molecule has 2 aromatic carbocycles. The average Bonchev–Trinajstić information content (AvgIpc) is 3.17. The number of nitro groups is 1. The Morgan fingerprint density at radius 3 is 2.31 bits per heavy atom. The smallest absolute Gasteiger partial charge is 0.269 e. The van der Waals surface area contributed by atoms with E-state index in [0.29, 0.717) is 21.8 Å². The highest BCUT2D eigenvalue weighted by Crippen LogP contribution is 2.30. The minimum absolute atomic E-state index is 0.0723. The number of aromatic nitrogens is 4. The molecule has 29 heavy (non-hydrogen) atoms. The van der Waals surface area contributed by atoms with Crippen LogP contribution >= 0.6 is 23.4 Å². The average molecular weight is 424 g/mol. The Hall–Kier alpha value is -3.23. The summed E-state index contributed by atoms with van der Waals surface area (Å²) in [6.45, 7) is 0. The monoisotopic (exact) mass is 423 g/mol. The standard InChI is InChI=1S/C20H14ClN5O2S/c21-16-3-7-17(8-4-16)25-19(15-9-11-22-12-10-15)23-24-20(25)29-13-14-1-5-18(6-2-14)26(27)28/h1-12H,13H2. The molecule has 0 spiro atoms. The Morgan fingerprint density at radius 1 is 0.966 bits per heavy atom. The lowest BCUT2D eigenvalue weighted by Crippen LogP contribution is -1.99. The number of halogens is 1. The minimum Gasteiger partial charge on any atom is -0.270 e. The van der Waals surface area contributed by atoms with Gasteiger partial charge in [0.05, 0.1) is 4.92 Å². The Kier molecular flexibility index (Phi) is 5.55. The van der Waals surface area contributed by atoms with E-state index in [1.165, 1.54) is 23.9 Å². The van der Waals surface area contributed by atoms with Crippen molar-refractivity contribution in [2.75, 3.05) is 0 Å². The number of pyridine rings is 1. The van der Waals surface area contributed by atoms with Crippen LogP contribution in [0.3, 0.4) is 0 Å². The van der Waals surface area contributed by atoms with Gasteiger partial charge in [-0.2, -0.15) is 0 Å². The van der Waals surface area contributed by atoms with Crippen molar-refractivity contribution in [2.45, 2.75) is 10.9 Å². The van der Waals surface area contributed by atoms with Crippen LogP contribution in [-0.2, 0) is 5.75 Å². The molecule has 0 fully saturated rings. The van der Waals surface area contributed by atoms with E-state index < -0.39 is 4.92 Å². The van der Waals surface area contributed by atoms with Gasteiger partial charge >= 0.3 is 0 Å². The van der Waals surface area contributed by atoms with Gasteiger partial charge in [-0.05, 0) is 42.0 Å². The topological polar surface area (TPSA) is 86.7 Å². The van der Waals surface area contributed by atoms with Crippen LogP contribution < -0.4 is 0 Å². The van der Waals surface area contributed by atoms with Crippen LogP contribution in [-0.4, -0.2) is 24.7 Å². The molecule has 0 N–H and O–H groups in total. The highest BCUT2D eigenvalue weighted by molar-refractivity contribution is 7.98. The fourth-order valence-corrected chi connectivity index (χ4v) is 3.77. The maximum absolute atomic E-state index is 10.8. The van der Waals surface area contributed by atoms with Gasteiger partial charge in [-0.25, -0.2) is 0 Å². The van der Waals surface area contributed by atoms with Crippen LogP contribution in [0, 0.1) is 10.1 Å². The first-order valence-electron chi connectivity index (χ1n) is 8.60. The van der Waals surface area contributed by atoms with E-state index in [-0.39, 0.29) is 5.69 Å². The van der Waals surface area contributed by atoms with Crippen LogP contribution in [0.5, 0.6) is 0 Å². The lowest BCUT2D eigenvalue weighted by atomic mass is 10.2. The normalized spacial score (nSPS) is 10.8. The van der Waals surface area contributed by atoms with Gasteiger partial charge in [0, 0.05) is 46.6 Å². The number of rotatable bonds is 6. The number of hydrogen-bond acceptors (Lipinski definition) is 6. The molecular formula is C20H14ClN5O2S. The fourth-order valence-electron chi connectivity index (χ4n) is 2.74. The number of non-ortho nitro benzene ring substituents is 1. The van der Waals surface area contributed by atoms with Crippen molar-refractivity contribution in [2.24, 2.45) is 0 Å². The molecule has 0 aliphatic rings. The summed E-state index contributed by atoms with van der Waals surface area (Å²) in [5.41, 5.74) is 2.81. The first-order chi connectivity index (χ1) is 14.1. The maximum atomic E-state index is 10.8. The molecule has 0 saturated carbocycles. The molecule has 0 radical (unpaired) electrons. The fraction of sp³-hybridized carbons (Fsp3) is 0.0500. The van der Waals surface area contributed by atoms with E-state index in [0.717, 1.165) is 16.8 Å². The Balaban J connectivity index is 1.67. The minimum atomic E-state index is -0.408. The second kappa shape index (κ2) is 8.42. The van der Waals surface area contributed by atoms with Gasteiger partial charge in [-0.1, -0.05) is 35.5 Å². The lowest BCUT2D eigenvalue weighted by molar-refractivity contribution is -0.384. The third-order valence-electron chi connectivity index (χ3n) is 4.17. The van der Waals surface area contributed by atoms with Gasteiger partial charge in [0.1, 0.15) is 0 Å². The van der Waals surface area contributed by atoms with Crippen LogP contribution in [0.1, 0.15) is 5.56 Å². The van der Waals surface area contributed by atoms with Crippen molar-refractivity contribution in [3.8, 4) is 17.1 Å². The maximum Gasteiger partial charge on any atom is 0.269 e. The van der Waals surface area contributed by atoms with Crippen LogP contribution in [0.15, 0.2) is 78.2 Å². The summed E-state index contributed by atoms with van der Waals surface area (Å²) in [5.74, 6) is 1.29. The Labute approximate surface area is 175 Å². The molecule has 0 aliphatic carbocycles. The lowest BCUT2D eigenvalue weighted by Gasteiger charge is -2.10. The molecule has 9 heteroatoms. The Bertz CT molecular complexity index is 1130. The van der Waals surface area contributed by atoms with E-state index in [4.69, 9.17) is 11.6 Å². The first-order valence-corrected chi connectivity index (χ1v) is 9.96. The van der Waals surface area contributed by atoms with E-state index in [1.807, 2.05) is 41.0 Å². The molecule has 0 atom stereocenters. The van der Waals surface area contributed by atoms with Gasteiger partial charge in [0.2, 0.25) is 0 Å². The predicted octanol–water partition coefficient (Wildman–Crippen LogP) is 5.18. The summed E-state index contributed by atoms with van der Waals surface area (Å²) in [6, 6.07) is 17.7. The molecule has 4 aromatic rings. The van der Waals surface area contributed by atoms with Crippen molar-refractivity contribution < 1.29 is 4.92 Å². The van der Waals surface area contributed by atoms with Crippen molar-refractivity contribution in [1.29, 1.82) is 0 Å². The van der Waals surface area contributed by atoms with Gasteiger partial charge in [-0.15, -0.1) is 10.2 Å². The highest BCUT2D eigenvalue weighted by Gasteiger charge is 2.16. The molecule has 0 amide bonds. The SMILES string of the molecule is O=[N+]([O-])c1ccc(CSc2nnc(-c3ccncc3)n2-c2ccc(Cl)cc2)cc1. The number of hydrogen-bond donors (Lipinski definition) is 0. The Morgan fingerprint density at radius 2 is 1.66 bits per heavy atom.